The lowest BCUT2D eigenvalue weighted by Crippen LogP contribution is -2.12. The van der Waals surface area contributed by atoms with Crippen LogP contribution >= 0.6 is 0 Å². The van der Waals surface area contributed by atoms with Gasteiger partial charge in [-0.05, 0) is 12.1 Å². The molecule has 3 nitrogen and oxygen atoms in total. The highest BCUT2D eigenvalue weighted by atomic mass is 15.3. The van der Waals surface area contributed by atoms with Gasteiger partial charge < -0.3 is 5.73 Å². The summed E-state index contributed by atoms with van der Waals surface area (Å²) in [7, 11) is 1.95. The summed E-state index contributed by atoms with van der Waals surface area (Å²) in [6.45, 7) is 7.04. The maximum absolute atomic E-state index is 5.40. The minimum Gasteiger partial charge on any atom is -0.327 e. The summed E-state index contributed by atoms with van der Waals surface area (Å²) in [5.41, 5.74) is 7.71. The lowest BCUT2D eigenvalue weighted by molar-refractivity contribution is 0.553. The molecule has 0 saturated heterocycles. The van der Waals surface area contributed by atoms with Crippen LogP contribution in [0.5, 0.6) is 0 Å². The van der Waals surface area contributed by atoms with Crippen LogP contribution in [0.3, 0.4) is 0 Å². The molecule has 3 heteroatoms. The molecular formula is C11H19N3. The van der Waals surface area contributed by atoms with E-state index in [2.05, 4.69) is 31.9 Å². The second-order valence-corrected chi connectivity index (χ2v) is 4.47. The highest BCUT2D eigenvalue weighted by Crippen LogP contribution is 2.21. The highest BCUT2D eigenvalue weighted by Gasteiger charge is 2.17. The summed E-state index contributed by atoms with van der Waals surface area (Å²) in [4.78, 5) is 0. The quantitative estimate of drug-likeness (QED) is 0.776. The summed E-state index contributed by atoms with van der Waals surface area (Å²) in [6, 6.07) is 2.10. The Labute approximate surface area is 85.6 Å². The van der Waals surface area contributed by atoms with E-state index in [1.165, 1.54) is 0 Å². The number of aromatic nitrogens is 2. The summed E-state index contributed by atoms with van der Waals surface area (Å²) < 4.78 is 1.88. The van der Waals surface area contributed by atoms with E-state index >= 15 is 0 Å². The van der Waals surface area contributed by atoms with Crippen LogP contribution < -0.4 is 5.73 Å². The van der Waals surface area contributed by atoms with Crippen molar-refractivity contribution in [2.24, 2.45) is 12.8 Å². The van der Waals surface area contributed by atoms with Crippen LogP contribution in [0.2, 0.25) is 0 Å². The predicted octanol–water partition coefficient (Wildman–Crippen LogP) is 1.69. The van der Waals surface area contributed by atoms with Gasteiger partial charge in [-0.3, -0.25) is 4.68 Å². The molecule has 0 saturated carbocycles. The van der Waals surface area contributed by atoms with Crippen LogP contribution in [-0.4, -0.2) is 16.3 Å². The van der Waals surface area contributed by atoms with Gasteiger partial charge in [0.15, 0.2) is 0 Å². The molecule has 78 valence electrons. The molecule has 2 N–H and O–H groups in total. The summed E-state index contributed by atoms with van der Waals surface area (Å²) in [6.07, 6.45) is 3.94. The van der Waals surface area contributed by atoms with E-state index < -0.39 is 0 Å². The van der Waals surface area contributed by atoms with Crippen molar-refractivity contribution in [1.29, 1.82) is 0 Å². The van der Waals surface area contributed by atoms with Crippen molar-refractivity contribution in [1.82, 2.24) is 9.78 Å². The molecular weight excluding hydrogens is 174 g/mol. The molecule has 0 aliphatic heterocycles. The predicted molar refractivity (Wildman–Crippen MR) is 60.0 cm³/mol. The molecule has 1 heterocycles. The fraction of sp³-hybridized carbons (Fsp3) is 0.545. The van der Waals surface area contributed by atoms with Crippen molar-refractivity contribution < 1.29 is 0 Å². The fourth-order valence-electron chi connectivity index (χ4n) is 1.19. The molecule has 1 aromatic rings. The number of nitrogens with zero attached hydrogens (tertiary/aromatic N) is 2. The molecule has 0 amide bonds. The molecule has 0 fully saturated rings. The van der Waals surface area contributed by atoms with Gasteiger partial charge in [-0.15, -0.1) is 0 Å². The Kier molecular flexibility index (Phi) is 3.11. The Hall–Kier alpha value is -1.09. The second-order valence-electron chi connectivity index (χ2n) is 4.47. The monoisotopic (exact) mass is 193 g/mol. The molecule has 14 heavy (non-hydrogen) atoms. The number of hydrogen-bond donors (Lipinski definition) is 1. The highest BCUT2D eigenvalue weighted by molar-refractivity contribution is 5.46. The van der Waals surface area contributed by atoms with Gasteiger partial charge in [0.1, 0.15) is 0 Å². The first kappa shape index (κ1) is 11.0. The molecule has 0 aliphatic carbocycles. The van der Waals surface area contributed by atoms with Crippen molar-refractivity contribution in [2.75, 3.05) is 6.54 Å². The number of hydrogen-bond acceptors (Lipinski definition) is 2. The summed E-state index contributed by atoms with van der Waals surface area (Å²) >= 11 is 0. The van der Waals surface area contributed by atoms with Gasteiger partial charge in [0.05, 0.1) is 11.4 Å². The van der Waals surface area contributed by atoms with E-state index in [1.54, 1.807) is 0 Å². The van der Waals surface area contributed by atoms with Gasteiger partial charge in [-0.2, -0.15) is 5.10 Å². The smallest absolute Gasteiger partial charge is 0.0684 e. The van der Waals surface area contributed by atoms with Gasteiger partial charge in [0.25, 0.3) is 0 Å². The zero-order valence-electron chi connectivity index (χ0n) is 9.41. The van der Waals surface area contributed by atoms with E-state index in [1.807, 2.05) is 23.9 Å². The number of rotatable bonds is 2. The number of nitrogens with two attached hydrogens (primary N) is 1. The number of aryl methyl sites for hydroxylation is 1. The third-order valence-electron chi connectivity index (χ3n) is 2.11. The lowest BCUT2D eigenvalue weighted by atomic mass is 9.92. The first-order valence-electron chi connectivity index (χ1n) is 4.86. The average Bonchev–Trinajstić information content (AvgIpc) is 2.43. The second kappa shape index (κ2) is 3.96. The average molecular weight is 193 g/mol. The van der Waals surface area contributed by atoms with Crippen LogP contribution in [0.4, 0.5) is 0 Å². The third kappa shape index (κ3) is 2.45. The molecule has 0 bridgehead atoms. The fourth-order valence-corrected chi connectivity index (χ4v) is 1.19. The maximum Gasteiger partial charge on any atom is 0.0684 e. The van der Waals surface area contributed by atoms with Crippen molar-refractivity contribution in [3.8, 4) is 0 Å². The molecule has 0 aromatic carbocycles. The molecule has 0 aliphatic rings. The first-order valence-corrected chi connectivity index (χ1v) is 4.86. The van der Waals surface area contributed by atoms with E-state index in [4.69, 9.17) is 5.73 Å². The zero-order chi connectivity index (χ0) is 10.8. The first-order chi connectivity index (χ1) is 6.45. The standard InChI is InChI=1S/C11H19N3/c1-11(2,3)10-8-9(6-5-7-12)14(4)13-10/h5-6,8H,7,12H2,1-4H3/b6-5+. The van der Waals surface area contributed by atoms with E-state index in [9.17, 15) is 0 Å². The van der Waals surface area contributed by atoms with Crippen molar-refractivity contribution in [3.05, 3.63) is 23.5 Å². The Morgan fingerprint density at radius 1 is 1.50 bits per heavy atom. The molecule has 0 atom stereocenters. The lowest BCUT2D eigenvalue weighted by Gasteiger charge is -2.13. The van der Waals surface area contributed by atoms with E-state index in [0.717, 1.165) is 11.4 Å². The third-order valence-corrected chi connectivity index (χ3v) is 2.11. The molecule has 0 unspecified atom stereocenters. The molecule has 0 spiro atoms. The molecule has 0 radical (unpaired) electrons. The van der Waals surface area contributed by atoms with E-state index in [0.29, 0.717) is 6.54 Å². The van der Waals surface area contributed by atoms with Crippen molar-refractivity contribution in [2.45, 2.75) is 26.2 Å². The normalized spacial score (nSPS) is 12.6. The van der Waals surface area contributed by atoms with Gasteiger partial charge >= 0.3 is 0 Å². The van der Waals surface area contributed by atoms with Crippen molar-refractivity contribution >= 4 is 6.08 Å². The Morgan fingerprint density at radius 2 is 2.14 bits per heavy atom. The Bertz CT molecular complexity index is 329. The Morgan fingerprint density at radius 3 is 2.57 bits per heavy atom. The Balaban J connectivity index is 2.99. The van der Waals surface area contributed by atoms with Gasteiger partial charge in [0, 0.05) is 19.0 Å². The SMILES string of the molecule is Cn1nc(C(C)(C)C)cc1/C=C/CN. The minimum absolute atomic E-state index is 0.104. The van der Waals surface area contributed by atoms with Crippen LogP contribution in [0.1, 0.15) is 32.2 Å². The van der Waals surface area contributed by atoms with Crippen LogP contribution in [0, 0.1) is 0 Å². The van der Waals surface area contributed by atoms with Gasteiger partial charge in [0.2, 0.25) is 0 Å². The van der Waals surface area contributed by atoms with Gasteiger partial charge in [-0.25, -0.2) is 0 Å². The van der Waals surface area contributed by atoms with Crippen LogP contribution in [-0.2, 0) is 12.5 Å². The largest absolute Gasteiger partial charge is 0.327 e. The molecule has 1 rings (SSSR count). The summed E-state index contributed by atoms with van der Waals surface area (Å²) in [5, 5.41) is 4.46. The minimum atomic E-state index is 0.104. The topological polar surface area (TPSA) is 43.8 Å². The zero-order valence-corrected chi connectivity index (χ0v) is 9.41. The van der Waals surface area contributed by atoms with Crippen LogP contribution in [0.15, 0.2) is 12.1 Å². The van der Waals surface area contributed by atoms with E-state index in [-0.39, 0.29) is 5.41 Å². The summed E-state index contributed by atoms with van der Waals surface area (Å²) in [5.74, 6) is 0. The van der Waals surface area contributed by atoms with Crippen LogP contribution in [0.25, 0.3) is 6.08 Å². The molecule has 1 aromatic heterocycles. The maximum atomic E-state index is 5.40. The van der Waals surface area contributed by atoms with Crippen molar-refractivity contribution in [3.63, 3.8) is 0 Å². The van der Waals surface area contributed by atoms with Gasteiger partial charge in [-0.1, -0.05) is 26.8 Å².